The van der Waals surface area contributed by atoms with Crippen molar-refractivity contribution in [1.29, 1.82) is 0 Å². The highest BCUT2D eigenvalue weighted by molar-refractivity contribution is 6.30. The fraction of sp³-hybridized carbons (Fsp3) is 0.273. The van der Waals surface area contributed by atoms with Gasteiger partial charge in [0, 0.05) is 29.2 Å². The Morgan fingerprint density at radius 2 is 1.69 bits per heavy atom. The molecule has 3 amide bonds. The number of aliphatic imine (C=N–C) groups is 1. The van der Waals surface area contributed by atoms with Crippen LogP contribution >= 0.6 is 11.6 Å². The first-order chi connectivity index (χ1) is 13.9. The molecule has 148 valence electrons. The largest absolute Gasteiger partial charge is 0.386 e. The fourth-order valence-electron chi connectivity index (χ4n) is 4.82. The van der Waals surface area contributed by atoms with Crippen LogP contribution in [-0.2, 0) is 9.59 Å². The molecule has 0 bridgehead atoms. The van der Waals surface area contributed by atoms with Crippen LogP contribution in [0.1, 0.15) is 36.3 Å². The second-order valence-corrected chi connectivity index (χ2v) is 8.01. The molecule has 3 N–H and O–H groups in total. The number of halogens is 1. The number of amides is 3. The molecule has 0 saturated heterocycles. The number of amidine groups is 1. The van der Waals surface area contributed by atoms with Gasteiger partial charge in [-0.3, -0.25) is 14.9 Å². The van der Waals surface area contributed by atoms with E-state index in [1.54, 1.807) is 31.2 Å². The van der Waals surface area contributed by atoms with Gasteiger partial charge in [-0.2, -0.15) is 4.99 Å². The lowest BCUT2D eigenvalue weighted by Crippen LogP contribution is -2.64. The van der Waals surface area contributed by atoms with Crippen molar-refractivity contribution in [2.24, 2.45) is 22.1 Å². The van der Waals surface area contributed by atoms with Gasteiger partial charge in [-0.1, -0.05) is 61.0 Å². The maximum atomic E-state index is 13.4. The molecular weight excluding hydrogens is 390 g/mol. The Labute approximate surface area is 173 Å². The number of hydrogen-bond acceptors (Lipinski definition) is 4. The zero-order chi connectivity index (χ0) is 20.8. The number of benzene rings is 2. The lowest BCUT2D eigenvalue weighted by molar-refractivity contribution is -0.136. The first kappa shape index (κ1) is 19.3. The van der Waals surface area contributed by atoms with Crippen molar-refractivity contribution in [2.75, 3.05) is 0 Å². The van der Waals surface area contributed by atoms with Gasteiger partial charge < -0.3 is 5.73 Å². The number of nitrogens with one attached hydrogen (secondary N) is 1. The quantitative estimate of drug-likeness (QED) is 0.793. The van der Waals surface area contributed by atoms with Crippen LogP contribution in [0.5, 0.6) is 0 Å². The molecule has 1 aliphatic heterocycles. The summed E-state index contributed by atoms with van der Waals surface area (Å²) >= 11 is 6.04. The highest BCUT2D eigenvalue weighted by atomic mass is 35.5. The first-order valence-corrected chi connectivity index (χ1v) is 9.76. The van der Waals surface area contributed by atoms with Crippen LogP contribution in [0, 0.1) is 11.3 Å². The monoisotopic (exact) mass is 409 g/mol. The summed E-state index contributed by atoms with van der Waals surface area (Å²) in [5.74, 6) is -2.17. The summed E-state index contributed by atoms with van der Waals surface area (Å²) in [5.41, 5.74) is 6.53. The van der Waals surface area contributed by atoms with Crippen molar-refractivity contribution >= 4 is 35.2 Å². The van der Waals surface area contributed by atoms with Gasteiger partial charge >= 0.3 is 6.03 Å². The average molecular weight is 410 g/mol. The third-order valence-electron chi connectivity index (χ3n) is 6.13. The number of imide groups is 1. The molecule has 2 aromatic rings. The molecule has 1 spiro atoms. The smallest absolute Gasteiger partial charge is 0.349 e. The molecule has 4 rings (SSSR count). The molecule has 4 atom stereocenters. The summed E-state index contributed by atoms with van der Waals surface area (Å²) in [5, 5.41) is 2.88. The van der Waals surface area contributed by atoms with E-state index in [0.717, 1.165) is 11.1 Å². The van der Waals surface area contributed by atoms with Crippen molar-refractivity contribution in [2.45, 2.75) is 25.2 Å². The molecule has 6 nitrogen and oxygen atoms in total. The molecule has 1 saturated carbocycles. The number of urea groups is 1. The van der Waals surface area contributed by atoms with Crippen molar-refractivity contribution in [1.82, 2.24) is 5.32 Å². The highest BCUT2D eigenvalue weighted by Crippen LogP contribution is 2.57. The Kier molecular flexibility index (Phi) is 4.74. The third kappa shape index (κ3) is 2.95. The minimum Gasteiger partial charge on any atom is -0.386 e. The van der Waals surface area contributed by atoms with Gasteiger partial charge in [0.2, 0.25) is 5.91 Å². The fourth-order valence-corrected chi connectivity index (χ4v) is 4.94. The molecule has 1 unspecified atom stereocenters. The lowest BCUT2D eigenvalue weighted by Gasteiger charge is -2.50. The van der Waals surface area contributed by atoms with E-state index in [1.165, 1.54) is 0 Å². The maximum Gasteiger partial charge on any atom is 0.349 e. The number of carbonyl (C=O) groups is 3. The standard InChI is InChI=1S/C22H20ClN3O3/c1-12-17(27)11-16(13-7-9-15(23)10-8-13)22(18(12)14-5-3-2-4-6-14)19(24)25-21(29)26-20(22)28/h2-10,12,16,18H,11H2,1H3,(H3,24,25,26,28,29)/t12-,16+,18-,22?/m0/s1. The Morgan fingerprint density at radius 3 is 2.31 bits per heavy atom. The second-order valence-electron chi connectivity index (χ2n) is 7.58. The molecular formula is C22H20ClN3O3. The van der Waals surface area contributed by atoms with Crippen LogP contribution in [0.15, 0.2) is 59.6 Å². The summed E-state index contributed by atoms with van der Waals surface area (Å²) in [6.45, 7) is 1.80. The van der Waals surface area contributed by atoms with Crippen LogP contribution in [0.2, 0.25) is 5.02 Å². The van der Waals surface area contributed by atoms with Gasteiger partial charge in [-0.25, -0.2) is 4.79 Å². The summed E-state index contributed by atoms with van der Waals surface area (Å²) in [4.78, 5) is 42.3. The van der Waals surface area contributed by atoms with Crippen molar-refractivity contribution in [3.8, 4) is 0 Å². The number of hydrogen-bond donors (Lipinski definition) is 2. The van der Waals surface area contributed by atoms with Gasteiger partial charge in [-0.15, -0.1) is 0 Å². The maximum absolute atomic E-state index is 13.4. The summed E-state index contributed by atoms with van der Waals surface area (Å²) in [7, 11) is 0. The molecule has 7 heteroatoms. The van der Waals surface area contributed by atoms with Crippen LogP contribution in [0.4, 0.5) is 4.79 Å². The Bertz CT molecular complexity index is 1020. The van der Waals surface area contributed by atoms with E-state index >= 15 is 0 Å². The normalized spacial score (nSPS) is 29.5. The molecule has 29 heavy (non-hydrogen) atoms. The van der Waals surface area contributed by atoms with Crippen LogP contribution in [-0.4, -0.2) is 23.6 Å². The minimum absolute atomic E-state index is 0.0296. The number of rotatable bonds is 2. The molecule has 2 aliphatic rings. The molecule has 1 fully saturated rings. The summed E-state index contributed by atoms with van der Waals surface area (Å²) in [6, 6.07) is 15.5. The number of nitrogens with two attached hydrogens (primary N) is 1. The van der Waals surface area contributed by atoms with Crippen molar-refractivity contribution in [3.63, 3.8) is 0 Å². The van der Waals surface area contributed by atoms with E-state index in [1.807, 2.05) is 30.3 Å². The Morgan fingerprint density at radius 1 is 1.03 bits per heavy atom. The van der Waals surface area contributed by atoms with Gasteiger partial charge in [0.05, 0.1) is 0 Å². The molecule has 0 aromatic heterocycles. The van der Waals surface area contributed by atoms with Gasteiger partial charge in [0.1, 0.15) is 17.0 Å². The Hall–Kier alpha value is -2.99. The first-order valence-electron chi connectivity index (χ1n) is 9.39. The van der Waals surface area contributed by atoms with E-state index in [-0.39, 0.29) is 18.0 Å². The summed E-state index contributed by atoms with van der Waals surface area (Å²) in [6.07, 6.45) is 0.115. The Balaban J connectivity index is 2.01. The highest BCUT2D eigenvalue weighted by Gasteiger charge is 2.62. The minimum atomic E-state index is -1.36. The van der Waals surface area contributed by atoms with E-state index in [2.05, 4.69) is 10.3 Å². The zero-order valence-electron chi connectivity index (χ0n) is 15.8. The predicted molar refractivity (Wildman–Crippen MR) is 110 cm³/mol. The predicted octanol–water partition coefficient (Wildman–Crippen LogP) is 3.41. The van der Waals surface area contributed by atoms with Crippen molar-refractivity contribution in [3.05, 3.63) is 70.7 Å². The topological polar surface area (TPSA) is 102 Å². The van der Waals surface area contributed by atoms with Crippen LogP contribution in [0.25, 0.3) is 0 Å². The number of Topliss-reactive ketones (excluding diaryl/α,β-unsaturated/α-hetero) is 1. The van der Waals surface area contributed by atoms with Gasteiger partial charge in [-0.05, 0) is 23.3 Å². The molecule has 0 radical (unpaired) electrons. The number of ketones is 1. The molecule has 2 aromatic carbocycles. The molecule has 1 aliphatic carbocycles. The average Bonchev–Trinajstić information content (AvgIpc) is 2.69. The SMILES string of the molecule is C[C@H]1C(=O)C[C@H](c2ccc(Cl)cc2)C2(C(=O)NC(=O)N=C2N)[C@@H]1c1ccccc1. The second kappa shape index (κ2) is 7.12. The zero-order valence-corrected chi connectivity index (χ0v) is 16.5. The van der Waals surface area contributed by atoms with Gasteiger partial charge in [0.15, 0.2) is 0 Å². The number of carbonyl (C=O) groups excluding carboxylic acids is 3. The lowest BCUT2D eigenvalue weighted by atomic mass is 9.51. The van der Waals surface area contributed by atoms with Crippen LogP contribution < -0.4 is 11.1 Å². The van der Waals surface area contributed by atoms with Crippen LogP contribution in [0.3, 0.4) is 0 Å². The number of nitrogens with zero attached hydrogens (tertiary/aromatic N) is 1. The van der Waals surface area contributed by atoms with Crippen molar-refractivity contribution < 1.29 is 14.4 Å². The van der Waals surface area contributed by atoms with Gasteiger partial charge in [0.25, 0.3) is 0 Å². The van der Waals surface area contributed by atoms with E-state index in [9.17, 15) is 14.4 Å². The molecule has 1 heterocycles. The third-order valence-corrected chi connectivity index (χ3v) is 6.38. The van der Waals surface area contributed by atoms with E-state index < -0.39 is 35.1 Å². The van der Waals surface area contributed by atoms with E-state index in [4.69, 9.17) is 17.3 Å². The summed E-state index contributed by atoms with van der Waals surface area (Å²) < 4.78 is 0. The van der Waals surface area contributed by atoms with E-state index in [0.29, 0.717) is 5.02 Å².